The fourth-order valence-electron chi connectivity index (χ4n) is 2.84. The van der Waals surface area contributed by atoms with E-state index in [-0.39, 0.29) is 10.6 Å². The van der Waals surface area contributed by atoms with Gasteiger partial charge in [0, 0.05) is 23.7 Å². The number of fused-ring (bicyclic) bond motifs is 1. The molecule has 2 aliphatic carbocycles. The summed E-state index contributed by atoms with van der Waals surface area (Å²) in [5.41, 5.74) is 0.937. The fraction of sp³-hybridized carbons (Fsp3) is 0.385. The quantitative estimate of drug-likeness (QED) is 0.526. The second kappa shape index (κ2) is 4.39. The lowest BCUT2D eigenvalue weighted by atomic mass is 9.71. The number of nitrogens with zero attached hydrogens (tertiary/aromatic N) is 1. The molecule has 0 saturated heterocycles. The van der Waals surface area contributed by atoms with Crippen molar-refractivity contribution in [3.05, 3.63) is 44.9 Å². The van der Waals surface area contributed by atoms with Gasteiger partial charge in [-0.25, -0.2) is 0 Å². The van der Waals surface area contributed by atoms with Crippen LogP contribution in [0.4, 0.5) is 11.4 Å². The number of nitrogens with one attached hydrogen (secondary N) is 1. The minimum absolute atomic E-state index is 0.109. The number of hydrogen-bond donors (Lipinski definition) is 1. The molecule has 5 heteroatoms. The summed E-state index contributed by atoms with van der Waals surface area (Å²) in [4.78, 5) is 10.5. The minimum Gasteiger partial charge on any atom is -0.381 e. The molecular weight excluding hydrogens is 296 g/mol. The first-order valence-corrected chi connectivity index (χ1v) is 6.81. The van der Waals surface area contributed by atoms with E-state index in [1.54, 1.807) is 12.1 Å². The van der Waals surface area contributed by atoms with Gasteiger partial charge in [-0.05, 0) is 46.8 Å². The topological polar surface area (TPSA) is 55.2 Å². The maximum absolute atomic E-state index is 10.9. The third kappa shape index (κ3) is 1.92. The van der Waals surface area contributed by atoms with Crippen LogP contribution in [0.1, 0.15) is 12.8 Å². The van der Waals surface area contributed by atoms with Crippen LogP contribution >= 0.6 is 15.9 Å². The third-order valence-electron chi connectivity index (χ3n) is 3.86. The van der Waals surface area contributed by atoms with Crippen molar-refractivity contribution in [3.63, 3.8) is 0 Å². The Balaban J connectivity index is 1.75. The lowest BCUT2D eigenvalue weighted by Gasteiger charge is -2.41. The van der Waals surface area contributed by atoms with Crippen LogP contribution in [0.5, 0.6) is 0 Å². The van der Waals surface area contributed by atoms with Crippen LogP contribution in [0.25, 0.3) is 0 Å². The molecule has 18 heavy (non-hydrogen) atoms. The number of hydrogen-bond acceptors (Lipinski definition) is 3. The van der Waals surface area contributed by atoms with Gasteiger partial charge in [-0.15, -0.1) is 0 Å². The summed E-state index contributed by atoms with van der Waals surface area (Å²) in [7, 11) is 0. The molecule has 1 N–H and O–H groups in total. The second-order valence-corrected chi connectivity index (χ2v) is 5.77. The van der Waals surface area contributed by atoms with Gasteiger partial charge in [0.05, 0.1) is 9.40 Å². The Bertz CT molecular complexity index is 530. The predicted molar refractivity (Wildman–Crippen MR) is 73.6 cm³/mol. The molecule has 94 valence electrons. The Kier molecular flexibility index (Phi) is 2.86. The Hall–Kier alpha value is -1.36. The maximum Gasteiger partial charge on any atom is 0.285 e. The molecule has 1 aromatic carbocycles. The van der Waals surface area contributed by atoms with E-state index in [0.29, 0.717) is 16.4 Å². The van der Waals surface area contributed by atoms with Gasteiger partial charge in [-0.1, -0.05) is 12.2 Å². The smallest absolute Gasteiger partial charge is 0.285 e. The van der Waals surface area contributed by atoms with Crippen LogP contribution in [-0.4, -0.2) is 11.0 Å². The van der Waals surface area contributed by atoms with Crippen molar-refractivity contribution in [3.8, 4) is 0 Å². The second-order valence-electron chi connectivity index (χ2n) is 4.91. The number of nitro benzene ring substituents is 1. The van der Waals surface area contributed by atoms with Gasteiger partial charge in [0.1, 0.15) is 0 Å². The monoisotopic (exact) mass is 308 g/mol. The minimum atomic E-state index is -0.367. The molecule has 0 aromatic heterocycles. The van der Waals surface area contributed by atoms with Crippen LogP contribution in [0.15, 0.2) is 34.8 Å². The molecule has 0 aliphatic heterocycles. The summed E-state index contributed by atoms with van der Waals surface area (Å²) in [5, 5.41) is 14.3. The van der Waals surface area contributed by atoms with Crippen molar-refractivity contribution in [1.82, 2.24) is 0 Å². The first-order valence-electron chi connectivity index (χ1n) is 6.02. The van der Waals surface area contributed by atoms with Gasteiger partial charge < -0.3 is 5.32 Å². The largest absolute Gasteiger partial charge is 0.381 e. The SMILES string of the molecule is O=[N+]([O-])c1cc(NC2CC3CC=CC32)ccc1Br. The summed E-state index contributed by atoms with van der Waals surface area (Å²) in [6.45, 7) is 0. The summed E-state index contributed by atoms with van der Waals surface area (Å²) < 4.78 is 0.519. The van der Waals surface area contributed by atoms with E-state index in [0.717, 1.165) is 18.0 Å². The van der Waals surface area contributed by atoms with Gasteiger partial charge in [0.25, 0.3) is 5.69 Å². The number of allylic oxidation sites excluding steroid dienone is 1. The van der Waals surface area contributed by atoms with E-state index < -0.39 is 0 Å². The fourth-order valence-corrected chi connectivity index (χ4v) is 3.23. The predicted octanol–water partition coefficient (Wildman–Crippen LogP) is 3.73. The van der Waals surface area contributed by atoms with E-state index in [2.05, 4.69) is 33.4 Å². The Morgan fingerprint density at radius 2 is 2.28 bits per heavy atom. The molecule has 4 nitrogen and oxygen atoms in total. The van der Waals surface area contributed by atoms with Crippen LogP contribution < -0.4 is 5.32 Å². The molecule has 0 radical (unpaired) electrons. The molecule has 0 spiro atoms. The molecule has 3 rings (SSSR count). The van der Waals surface area contributed by atoms with Gasteiger partial charge in [0.2, 0.25) is 0 Å². The van der Waals surface area contributed by atoms with E-state index in [1.807, 2.05) is 6.07 Å². The first kappa shape index (κ1) is 11.7. The lowest BCUT2D eigenvalue weighted by molar-refractivity contribution is -0.385. The summed E-state index contributed by atoms with van der Waals surface area (Å²) in [5.74, 6) is 1.39. The zero-order valence-electron chi connectivity index (χ0n) is 9.67. The van der Waals surface area contributed by atoms with Crippen molar-refractivity contribution in [2.45, 2.75) is 18.9 Å². The lowest BCUT2D eigenvalue weighted by Crippen LogP contribution is -2.43. The summed E-state index contributed by atoms with van der Waals surface area (Å²) in [6, 6.07) is 5.62. The number of anilines is 1. The van der Waals surface area contributed by atoms with Gasteiger partial charge >= 0.3 is 0 Å². The van der Waals surface area contributed by atoms with Crippen molar-refractivity contribution in [2.75, 3.05) is 5.32 Å². The van der Waals surface area contributed by atoms with Gasteiger partial charge in [-0.3, -0.25) is 10.1 Å². The van der Waals surface area contributed by atoms with Crippen molar-refractivity contribution in [2.24, 2.45) is 11.8 Å². The molecule has 2 aliphatic rings. The van der Waals surface area contributed by atoms with Crippen LogP contribution in [-0.2, 0) is 0 Å². The standard InChI is InChI=1S/C13H13BrN2O2/c14-11-5-4-9(7-13(11)16(17)18)15-12-6-8-2-1-3-10(8)12/h1,3-5,7-8,10,12,15H,2,6H2. The maximum atomic E-state index is 10.9. The van der Waals surface area contributed by atoms with Crippen molar-refractivity contribution >= 4 is 27.3 Å². The number of rotatable bonds is 3. The highest BCUT2D eigenvalue weighted by Gasteiger charge is 2.40. The Morgan fingerprint density at radius 3 is 3.00 bits per heavy atom. The Labute approximate surface area is 113 Å². The molecule has 0 amide bonds. The molecule has 1 saturated carbocycles. The van der Waals surface area contributed by atoms with E-state index in [4.69, 9.17) is 0 Å². The van der Waals surface area contributed by atoms with Crippen LogP contribution in [0, 0.1) is 22.0 Å². The molecule has 1 fully saturated rings. The van der Waals surface area contributed by atoms with E-state index >= 15 is 0 Å². The molecule has 0 heterocycles. The van der Waals surface area contributed by atoms with Gasteiger partial charge in [-0.2, -0.15) is 0 Å². The first-order chi connectivity index (χ1) is 8.65. The highest BCUT2D eigenvalue weighted by atomic mass is 79.9. The highest BCUT2D eigenvalue weighted by molar-refractivity contribution is 9.10. The van der Waals surface area contributed by atoms with Crippen molar-refractivity contribution in [1.29, 1.82) is 0 Å². The molecule has 0 bridgehead atoms. The van der Waals surface area contributed by atoms with E-state index in [1.165, 1.54) is 6.42 Å². The Morgan fingerprint density at radius 1 is 1.44 bits per heavy atom. The van der Waals surface area contributed by atoms with E-state index in [9.17, 15) is 10.1 Å². The van der Waals surface area contributed by atoms with Crippen molar-refractivity contribution < 1.29 is 4.92 Å². The average Bonchev–Trinajstić information content (AvgIpc) is 2.69. The normalized spacial score (nSPS) is 28.6. The summed E-state index contributed by atoms with van der Waals surface area (Å²) in [6.07, 6.45) is 6.84. The molecular formula is C13H13BrN2O2. The average molecular weight is 309 g/mol. The van der Waals surface area contributed by atoms with Crippen LogP contribution in [0.2, 0.25) is 0 Å². The third-order valence-corrected chi connectivity index (χ3v) is 4.53. The zero-order chi connectivity index (χ0) is 12.7. The van der Waals surface area contributed by atoms with Gasteiger partial charge in [0.15, 0.2) is 0 Å². The zero-order valence-corrected chi connectivity index (χ0v) is 11.3. The number of nitro groups is 1. The molecule has 3 atom stereocenters. The number of benzene rings is 1. The molecule has 3 unspecified atom stereocenters. The molecule has 1 aromatic rings. The highest BCUT2D eigenvalue weighted by Crippen LogP contribution is 2.44. The summed E-state index contributed by atoms with van der Waals surface area (Å²) >= 11 is 3.19. The number of halogens is 1. The van der Waals surface area contributed by atoms with Crippen LogP contribution in [0.3, 0.4) is 0 Å².